The molecule has 0 heterocycles. The maximum absolute atomic E-state index is 12.0. The summed E-state index contributed by atoms with van der Waals surface area (Å²) in [5.74, 6) is -0.0975. The number of nitrogens with one attached hydrogen (secondary N) is 1. The van der Waals surface area contributed by atoms with Gasteiger partial charge >= 0.3 is 5.97 Å². The molecular formula is C18H19NO4. The lowest BCUT2D eigenvalue weighted by molar-refractivity contribution is -0.118. The van der Waals surface area contributed by atoms with Gasteiger partial charge in [0, 0.05) is 5.69 Å². The number of carbonyl (C=O) groups excluding carboxylic acids is 2. The first-order chi connectivity index (χ1) is 11.0. The molecule has 120 valence electrons. The monoisotopic (exact) mass is 313 g/mol. The highest BCUT2D eigenvalue weighted by Gasteiger charge is 2.08. The van der Waals surface area contributed by atoms with Gasteiger partial charge in [-0.1, -0.05) is 12.1 Å². The number of aryl methyl sites for hydroxylation is 2. The van der Waals surface area contributed by atoms with E-state index in [0.717, 1.165) is 11.1 Å². The highest BCUT2D eigenvalue weighted by atomic mass is 16.5. The lowest BCUT2D eigenvalue weighted by atomic mass is 10.1. The lowest BCUT2D eigenvalue weighted by Crippen LogP contribution is -2.20. The van der Waals surface area contributed by atoms with Crippen molar-refractivity contribution in [2.24, 2.45) is 0 Å². The molecule has 0 fully saturated rings. The van der Waals surface area contributed by atoms with E-state index >= 15 is 0 Å². The van der Waals surface area contributed by atoms with E-state index in [-0.39, 0.29) is 12.5 Å². The molecule has 2 aromatic carbocycles. The molecule has 0 aliphatic rings. The summed E-state index contributed by atoms with van der Waals surface area (Å²) in [5, 5.41) is 2.69. The number of anilines is 1. The lowest BCUT2D eigenvalue weighted by Gasteiger charge is -2.09. The van der Waals surface area contributed by atoms with Crippen molar-refractivity contribution in [3.63, 3.8) is 0 Å². The Hall–Kier alpha value is -2.82. The number of amides is 1. The minimum absolute atomic E-state index is 0.106. The van der Waals surface area contributed by atoms with Crippen molar-refractivity contribution in [2.75, 3.05) is 19.0 Å². The Labute approximate surface area is 135 Å². The summed E-state index contributed by atoms with van der Waals surface area (Å²) >= 11 is 0. The van der Waals surface area contributed by atoms with Crippen LogP contribution >= 0.6 is 0 Å². The largest absolute Gasteiger partial charge is 0.484 e. The van der Waals surface area contributed by atoms with Crippen LogP contribution in [-0.2, 0) is 9.53 Å². The first-order valence-electron chi connectivity index (χ1n) is 7.17. The Kier molecular flexibility index (Phi) is 5.36. The molecule has 1 amide bonds. The highest BCUT2D eigenvalue weighted by Crippen LogP contribution is 2.16. The second-order valence-corrected chi connectivity index (χ2v) is 5.23. The van der Waals surface area contributed by atoms with Gasteiger partial charge in [0.25, 0.3) is 5.91 Å². The molecule has 0 aliphatic heterocycles. The molecule has 0 aromatic heterocycles. The van der Waals surface area contributed by atoms with Crippen LogP contribution in [0.5, 0.6) is 5.75 Å². The first-order valence-corrected chi connectivity index (χ1v) is 7.17. The minimum Gasteiger partial charge on any atom is -0.484 e. The average molecular weight is 313 g/mol. The second kappa shape index (κ2) is 7.45. The van der Waals surface area contributed by atoms with Gasteiger partial charge in [-0.05, 0) is 55.3 Å². The van der Waals surface area contributed by atoms with E-state index < -0.39 is 5.97 Å². The van der Waals surface area contributed by atoms with Crippen LogP contribution in [0.15, 0.2) is 42.5 Å². The Morgan fingerprint density at radius 2 is 1.74 bits per heavy atom. The zero-order valence-corrected chi connectivity index (χ0v) is 13.4. The Bertz CT molecular complexity index is 704. The predicted molar refractivity (Wildman–Crippen MR) is 87.8 cm³/mol. The van der Waals surface area contributed by atoms with Crippen molar-refractivity contribution in [2.45, 2.75) is 13.8 Å². The van der Waals surface area contributed by atoms with Crippen LogP contribution in [-0.4, -0.2) is 25.6 Å². The van der Waals surface area contributed by atoms with Crippen LogP contribution in [0.4, 0.5) is 5.69 Å². The molecule has 0 atom stereocenters. The Morgan fingerprint density at radius 3 is 2.39 bits per heavy atom. The molecule has 0 bridgehead atoms. The maximum atomic E-state index is 12.0. The normalized spacial score (nSPS) is 10.0. The van der Waals surface area contributed by atoms with E-state index in [9.17, 15) is 9.59 Å². The number of ether oxygens (including phenoxy) is 2. The fraction of sp³-hybridized carbons (Fsp3) is 0.222. The molecule has 5 nitrogen and oxygen atoms in total. The quantitative estimate of drug-likeness (QED) is 0.861. The SMILES string of the molecule is COC(=O)c1cccc(NC(=O)COc2cc(C)cc(C)c2)c1. The molecule has 0 saturated heterocycles. The zero-order valence-electron chi connectivity index (χ0n) is 13.4. The zero-order chi connectivity index (χ0) is 16.8. The van der Waals surface area contributed by atoms with Gasteiger partial charge in [-0.15, -0.1) is 0 Å². The number of hydrogen-bond donors (Lipinski definition) is 1. The summed E-state index contributed by atoms with van der Waals surface area (Å²) in [6.45, 7) is 3.84. The maximum Gasteiger partial charge on any atom is 0.337 e. The van der Waals surface area contributed by atoms with Crippen molar-refractivity contribution in [3.8, 4) is 5.75 Å². The van der Waals surface area contributed by atoms with E-state index in [0.29, 0.717) is 17.0 Å². The van der Waals surface area contributed by atoms with Gasteiger partial charge in [-0.3, -0.25) is 4.79 Å². The van der Waals surface area contributed by atoms with Gasteiger partial charge in [0.2, 0.25) is 0 Å². The van der Waals surface area contributed by atoms with E-state index in [1.807, 2.05) is 32.0 Å². The molecule has 1 N–H and O–H groups in total. The summed E-state index contributed by atoms with van der Waals surface area (Å²) in [5.41, 5.74) is 3.04. The van der Waals surface area contributed by atoms with Gasteiger partial charge in [0.15, 0.2) is 6.61 Å². The number of hydrogen-bond acceptors (Lipinski definition) is 4. The minimum atomic E-state index is -0.451. The van der Waals surface area contributed by atoms with Gasteiger partial charge in [0.1, 0.15) is 5.75 Å². The highest BCUT2D eigenvalue weighted by molar-refractivity contribution is 5.95. The van der Waals surface area contributed by atoms with Gasteiger partial charge in [0.05, 0.1) is 12.7 Å². The summed E-state index contributed by atoms with van der Waals surface area (Å²) in [7, 11) is 1.31. The van der Waals surface area contributed by atoms with E-state index in [1.54, 1.807) is 24.3 Å². The molecule has 2 aromatic rings. The van der Waals surface area contributed by atoms with E-state index in [4.69, 9.17) is 4.74 Å². The number of benzene rings is 2. The molecule has 5 heteroatoms. The van der Waals surface area contributed by atoms with Crippen LogP contribution in [0.2, 0.25) is 0 Å². The fourth-order valence-corrected chi connectivity index (χ4v) is 2.20. The standard InChI is InChI=1S/C18H19NO4/c1-12-7-13(2)9-16(8-12)23-11-17(20)19-15-6-4-5-14(10-15)18(21)22-3/h4-10H,11H2,1-3H3,(H,19,20). The average Bonchev–Trinajstić information content (AvgIpc) is 2.51. The Balaban J connectivity index is 1.96. The third kappa shape index (κ3) is 4.85. The molecule has 0 radical (unpaired) electrons. The number of carbonyl (C=O) groups is 2. The molecule has 23 heavy (non-hydrogen) atoms. The van der Waals surface area contributed by atoms with Crippen LogP contribution in [0.1, 0.15) is 21.5 Å². The van der Waals surface area contributed by atoms with E-state index in [1.165, 1.54) is 7.11 Å². The van der Waals surface area contributed by atoms with Crippen molar-refractivity contribution in [1.82, 2.24) is 0 Å². The van der Waals surface area contributed by atoms with Gasteiger partial charge in [-0.25, -0.2) is 4.79 Å². The third-order valence-corrected chi connectivity index (χ3v) is 3.13. The van der Waals surface area contributed by atoms with Crippen molar-refractivity contribution < 1.29 is 19.1 Å². The van der Waals surface area contributed by atoms with Crippen LogP contribution in [0.25, 0.3) is 0 Å². The predicted octanol–water partition coefficient (Wildman–Crippen LogP) is 3.11. The topological polar surface area (TPSA) is 64.6 Å². The van der Waals surface area contributed by atoms with E-state index in [2.05, 4.69) is 10.1 Å². The number of rotatable bonds is 5. The summed E-state index contributed by atoms with van der Waals surface area (Å²) < 4.78 is 10.1. The summed E-state index contributed by atoms with van der Waals surface area (Å²) in [6, 6.07) is 12.3. The molecule has 0 aliphatic carbocycles. The van der Waals surface area contributed by atoms with Crippen molar-refractivity contribution in [1.29, 1.82) is 0 Å². The fourth-order valence-electron chi connectivity index (χ4n) is 2.20. The number of methoxy groups -OCH3 is 1. The molecule has 0 spiro atoms. The smallest absolute Gasteiger partial charge is 0.337 e. The third-order valence-electron chi connectivity index (χ3n) is 3.13. The van der Waals surface area contributed by atoms with Gasteiger partial charge < -0.3 is 14.8 Å². The first kappa shape index (κ1) is 16.5. The number of esters is 1. The summed E-state index contributed by atoms with van der Waals surface area (Å²) in [4.78, 5) is 23.4. The van der Waals surface area contributed by atoms with Crippen LogP contribution in [0.3, 0.4) is 0 Å². The molecular weight excluding hydrogens is 294 g/mol. The Morgan fingerprint density at radius 1 is 1.04 bits per heavy atom. The second-order valence-electron chi connectivity index (χ2n) is 5.23. The van der Waals surface area contributed by atoms with Crippen LogP contribution in [0, 0.1) is 13.8 Å². The molecule has 2 rings (SSSR count). The van der Waals surface area contributed by atoms with Gasteiger partial charge in [-0.2, -0.15) is 0 Å². The van der Waals surface area contributed by atoms with Crippen molar-refractivity contribution in [3.05, 3.63) is 59.2 Å². The van der Waals surface area contributed by atoms with Crippen molar-refractivity contribution >= 4 is 17.6 Å². The molecule has 0 saturated carbocycles. The summed E-state index contributed by atoms with van der Waals surface area (Å²) in [6.07, 6.45) is 0. The van der Waals surface area contributed by atoms with Crippen LogP contribution < -0.4 is 10.1 Å². The molecule has 0 unspecified atom stereocenters.